The summed E-state index contributed by atoms with van der Waals surface area (Å²) < 4.78 is 7.40. The van der Waals surface area contributed by atoms with Crippen LogP contribution in [0.1, 0.15) is 32.6 Å². The van der Waals surface area contributed by atoms with Gasteiger partial charge in [0.05, 0.1) is 28.8 Å². The zero-order valence-electron chi connectivity index (χ0n) is 14.8. The van der Waals surface area contributed by atoms with Crippen molar-refractivity contribution in [2.75, 3.05) is 6.61 Å². The van der Waals surface area contributed by atoms with Crippen molar-refractivity contribution in [2.45, 2.75) is 61.7 Å². The first-order valence-corrected chi connectivity index (χ1v) is 10.1. The van der Waals surface area contributed by atoms with Crippen molar-refractivity contribution in [3.05, 3.63) is 34.6 Å². The van der Waals surface area contributed by atoms with Crippen molar-refractivity contribution in [3.63, 3.8) is 0 Å². The summed E-state index contributed by atoms with van der Waals surface area (Å²) in [6.45, 7) is 3.08. The van der Waals surface area contributed by atoms with E-state index in [1.54, 1.807) is 10.6 Å². The van der Waals surface area contributed by atoms with Gasteiger partial charge in [-0.2, -0.15) is 0 Å². The quantitative estimate of drug-likeness (QED) is 0.621. The minimum Gasteiger partial charge on any atom is -0.376 e. The molecule has 0 radical (unpaired) electrons. The van der Waals surface area contributed by atoms with Gasteiger partial charge in [0.15, 0.2) is 5.16 Å². The molecule has 1 aromatic heterocycles. The Morgan fingerprint density at radius 2 is 2.19 bits per heavy atom. The van der Waals surface area contributed by atoms with Crippen LogP contribution in [-0.2, 0) is 16.1 Å². The molecule has 0 spiro atoms. The molecule has 6 nitrogen and oxygen atoms in total. The molecular weight excluding hydrogens is 350 g/mol. The van der Waals surface area contributed by atoms with Gasteiger partial charge in [0.1, 0.15) is 0 Å². The number of fused-ring (bicyclic) bond motifs is 1. The topological polar surface area (TPSA) is 73.2 Å². The van der Waals surface area contributed by atoms with E-state index < -0.39 is 0 Å². The average Bonchev–Trinajstić information content (AvgIpc) is 3.30. The molecule has 1 aromatic carbocycles. The SMILES string of the molecule is C[C@@H](Sc1nc2ccccc2c(=O)n1C[C@H]1CCCO1)C(=O)NC1CC1. The number of ether oxygens (including phenoxy) is 1. The van der Waals surface area contributed by atoms with Crippen molar-refractivity contribution in [1.82, 2.24) is 14.9 Å². The summed E-state index contributed by atoms with van der Waals surface area (Å²) in [5, 5.41) is 3.90. The van der Waals surface area contributed by atoms with E-state index in [9.17, 15) is 9.59 Å². The van der Waals surface area contributed by atoms with Gasteiger partial charge in [-0.1, -0.05) is 23.9 Å². The summed E-state index contributed by atoms with van der Waals surface area (Å²) >= 11 is 1.34. The third-order valence-corrected chi connectivity index (χ3v) is 5.90. The number of para-hydroxylation sites is 1. The standard InChI is InChI=1S/C19H23N3O3S/c1-12(17(23)20-13-8-9-13)26-19-21-16-7-3-2-6-15(16)18(24)22(19)11-14-5-4-10-25-14/h2-3,6-7,12-14H,4-5,8-11H2,1H3,(H,20,23)/t12-,14-/m1/s1. The summed E-state index contributed by atoms with van der Waals surface area (Å²) in [4.78, 5) is 30.0. The normalized spacial score (nSPS) is 21.0. The molecule has 0 bridgehead atoms. The second kappa shape index (κ2) is 7.40. The van der Waals surface area contributed by atoms with Gasteiger partial charge >= 0.3 is 0 Å². The lowest BCUT2D eigenvalue weighted by molar-refractivity contribution is -0.120. The number of carbonyl (C=O) groups is 1. The Morgan fingerprint density at radius 3 is 2.92 bits per heavy atom. The monoisotopic (exact) mass is 373 g/mol. The first kappa shape index (κ1) is 17.5. The second-order valence-electron chi connectivity index (χ2n) is 7.01. The van der Waals surface area contributed by atoms with E-state index in [1.165, 1.54) is 11.8 Å². The smallest absolute Gasteiger partial charge is 0.262 e. The van der Waals surface area contributed by atoms with Gasteiger partial charge in [-0.05, 0) is 44.7 Å². The second-order valence-corrected chi connectivity index (χ2v) is 8.31. The fourth-order valence-electron chi connectivity index (χ4n) is 3.15. The van der Waals surface area contributed by atoms with Crippen molar-refractivity contribution >= 4 is 28.6 Å². The van der Waals surface area contributed by atoms with Crippen molar-refractivity contribution < 1.29 is 9.53 Å². The van der Waals surface area contributed by atoms with Crippen LogP contribution in [0.3, 0.4) is 0 Å². The Hall–Kier alpha value is -1.86. The third kappa shape index (κ3) is 3.78. The lowest BCUT2D eigenvalue weighted by Gasteiger charge is -2.18. The van der Waals surface area contributed by atoms with Crippen LogP contribution in [0.15, 0.2) is 34.2 Å². The molecule has 2 atom stereocenters. The van der Waals surface area contributed by atoms with Crippen LogP contribution in [-0.4, -0.2) is 39.5 Å². The van der Waals surface area contributed by atoms with Gasteiger partial charge in [-0.25, -0.2) is 4.98 Å². The highest BCUT2D eigenvalue weighted by atomic mass is 32.2. The van der Waals surface area contributed by atoms with E-state index in [0.717, 1.165) is 32.3 Å². The fraction of sp³-hybridized carbons (Fsp3) is 0.526. The Labute approximate surface area is 156 Å². The van der Waals surface area contributed by atoms with E-state index in [0.29, 0.717) is 28.6 Å². The number of amides is 1. The number of nitrogens with one attached hydrogen (secondary N) is 1. The fourth-order valence-corrected chi connectivity index (χ4v) is 4.08. The Morgan fingerprint density at radius 1 is 1.38 bits per heavy atom. The molecule has 1 N–H and O–H groups in total. The zero-order chi connectivity index (χ0) is 18.1. The number of carbonyl (C=O) groups excluding carboxylic acids is 1. The molecule has 2 aliphatic rings. The number of hydrogen-bond donors (Lipinski definition) is 1. The molecule has 138 valence electrons. The van der Waals surface area contributed by atoms with Gasteiger partial charge in [0.25, 0.3) is 5.56 Å². The van der Waals surface area contributed by atoms with Crippen molar-refractivity contribution in [1.29, 1.82) is 0 Å². The minimum atomic E-state index is -0.306. The number of rotatable bonds is 6. The van der Waals surface area contributed by atoms with E-state index in [-0.39, 0.29) is 22.8 Å². The molecule has 7 heteroatoms. The highest BCUT2D eigenvalue weighted by Gasteiger charge is 2.27. The number of aromatic nitrogens is 2. The lowest BCUT2D eigenvalue weighted by Crippen LogP contribution is -2.34. The van der Waals surface area contributed by atoms with E-state index in [2.05, 4.69) is 10.3 Å². The predicted molar refractivity (Wildman–Crippen MR) is 101 cm³/mol. The van der Waals surface area contributed by atoms with E-state index in [1.807, 2.05) is 25.1 Å². The first-order chi connectivity index (χ1) is 12.6. The number of hydrogen-bond acceptors (Lipinski definition) is 5. The molecular formula is C19H23N3O3S. The molecule has 4 rings (SSSR count). The first-order valence-electron chi connectivity index (χ1n) is 9.20. The number of nitrogens with zero attached hydrogens (tertiary/aromatic N) is 2. The predicted octanol–water partition coefficient (Wildman–Crippen LogP) is 2.33. The molecule has 1 amide bonds. The summed E-state index contributed by atoms with van der Waals surface area (Å²) in [5.74, 6) is 0.00331. The molecule has 26 heavy (non-hydrogen) atoms. The molecule has 1 aliphatic heterocycles. The maximum atomic E-state index is 13.0. The Bertz CT molecular complexity index is 872. The average molecular weight is 373 g/mol. The summed E-state index contributed by atoms with van der Waals surface area (Å²) in [7, 11) is 0. The van der Waals surface area contributed by atoms with Crippen LogP contribution in [0.25, 0.3) is 10.9 Å². The largest absolute Gasteiger partial charge is 0.376 e. The Kier molecular flexibility index (Phi) is 5.00. The Balaban J connectivity index is 1.65. The summed E-state index contributed by atoms with van der Waals surface area (Å²) in [6, 6.07) is 7.68. The van der Waals surface area contributed by atoms with Crippen molar-refractivity contribution in [2.24, 2.45) is 0 Å². The maximum Gasteiger partial charge on any atom is 0.262 e. The van der Waals surface area contributed by atoms with Crippen molar-refractivity contribution in [3.8, 4) is 0 Å². The minimum absolute atomic E-state index is 0.00331. The highest BCUT2D eigenvalue weighted by molar-refractivity contribution is 8.00. The summed E-state index contributed by atoms with van der Waals surface area (Å²) in [6.07, 6.45) is 4.11. The van der Waals surface area contributed by atoms with Gasteiger partial charge in [0.2, 0.25) is 5.91 Å². The molecule has 1 saturated heterocycles. The van der Waals surface area contributed by atoms with Crippen LogP contribution in [0.4, 0.5) is 0 Å². The molecule has 0 unspecified atom stereocenters. The number of benzene rings is 1. The molecule has 1 aliphatic carbocycles. The zero-order valence-corrected chi connectivity index (χ0v) is 15.6. The van der Waals surface area contributed by atoms with Crippen LogP contribution in [0, 0.1) is 0 Å². The van der Waals surface area contributed by atoms with E-state index in [4.69, 9.17) is 4.74 Å². The highest BCUT2D eigenvalue weighted by Crippen LogP contribution is 2.26. The van der Waals surface area contributed by atoms with Crippen LogP contribution in [0.5, 0.6) is 0 Å². The number of thioether (sulfide) groups is 1. The van der Waals surface area contributed by atoms with Gasteiger partial charge in [-0.15, -0.1) is 0 Å². The van der Waals surface area contributed by atoms with Crippen LogP contribution < -0.4 is 10.9 Å². The lowest BCUT2D eigenvalue weighted by atomic mass is 10.2. The van der Waals surface area contributed by atoms with Gasteiger partial charge in [-0.3, -0.25) is 14.2 Å². The van der Waals surface area contributed by atoms with Crippen LogP contribution >= 0.6 is 11.8 Å². The summed E-state index contributed by atoms with van der Waals surface area (Å²) in [5.41, 5.74) is 0.599. The third-order valence-electron chi connectivity index (χ3n) is 4.81. The van der Waals surface area contributed by atoms with Crippen LogP contribution in [0.2, 0.25) is 0 Å². The molecule has 2 heterocycles. The van der Waals surface area contributed by atoms with Gasteiger partial charge < -0.3 is 10.1 Å². The van der Waals surface area contributed by atoms with Gasteiger partial charge in [0, 0.05) is 12.6 Å². The molecule has 1 saturated carbocycles. The van der Waals surface area contributed by atoms with E-state index >= 15 is 0 Å². The molecule has 2 aromatic rings. The molecule has 2 fully saturated rings. The maximum absolute atomic E-state index is 13.0.